The van der Waals surface area contributed by atoms with E-state index in [9.17, 15) is 9.90 Å². The SMILES string of the molecule is CCCC[C@@H](C)C(O)C(C(C)=O)N(C)C. The molecule has 0 aromatic carbocycles. The van der Waals surface area contributed by atoms with Crippen LogP contribution in [0.4, 0.5) is 0 Å². The largest absolute Gasteiger partial charge is 0.391 e. The summed E-state index contributed by atoms with van der Waals surface area (Å²) in [5.41, 5.74) is 0. The Kier molecular flexibility index (Phi) is 6.77. The minimum Gasteiger partial charge on any atom is -0.391 e. The smallest absolute Gasteiger partial charge is 0.149 e. The molecule has 0 spiro atoms. The van der Waals surface area contributed by atoms with E-state index in [-0.39, 0.29) is 17.7 Å². The van der Waals surface area contributed by atoms with Gasteiger partial charge in [0, 0.05) is 0 Å². The molecule has 1 N–H and O–H groups in total. The summed E-state index contributed by atoms with van der Waals surface area (Å²) in [6.45, 7) is 5.69. The molecule has 3 heteroatoms. The molecule has 0 aromatic rings. The Balaban J connectivity index is 4.35. The predicted octanol–water partition coefficient (Wildman–Crippen LogP) is 1.69. The molecule has 0 bridgehead atoms. The van der Waals surface area contributed by atoms with Crippen LogP contribution in [0, 0.1) is 5.92 Å². The second-order valence-electron chi connectivity index (χ2n) is 4.63. The van der Waals surface area contributed by atoms with Crippen molar-refractivity contribution in [1.29, 1.82) is 0 Å². The predicted molar refractivity (Wildman–Crippen MR) is 62.9 cm³/mol. The molecule has 0 rings (SSSR count). The molecule has 90 valence electrons. The quantitative estimate of drug-likeness (QED) is 0.702. The summed E-state index contributed by atoms with van der Waals surface area (Å²) < 4.78 is 0. The number of carbonyl (C=O) groups is 1. The molecule has 0 saturated carbocycles. The lowest BCUT2D eigenvalue weighted by Gasteiger charge is -2.30. The van der Waals surface area contributed by atoms with Crippen LogP contribution in [-0.2, 0) is 4.79 Å². The fourth-order valence-electron chi connectivity index (χ4n) is 1.92. The highest BCUT2D eigenvalue weighted by Crippen LogP contribution is 2.17. The molecule has 0 amide bonds. The number of likely N-dealkylation sites (N-methyl/N-ethyl adjacent to an activating group) is 1. The summed E-state index contributed by atoms with van der Waals surface area (Å²) in [6.07, 6.45) is 2.67. The minimum atomic E-state index is -0.552. The average molecular weight is 215 g/mol. The highest BCUT2D eigenvalue weighted by molar-refractivity contribution is 5.82. The van der Waals surface area contributed by atoms with Gasteiger partial charge in [-0.1, -0.05) is 26.7 Å². The van der Waals surface area contributed by atoms with E-state index in [4.69, 9.17) is 0 Å². The van der Waals surface area contributed by atoms with Crippen molar-refractivity contribution in [3.63, 3.8) is 0 Å². The highest BCUT2D eigenvalue weighted by Gasteiger charge is 2.29. The number of aliphatic hydroxyl groups excluding tert-OH is 1. The number of hydrogen-bond donors (Lipinski definition) is 1. The van der Waals surface area contributed by atoms with Crippen molar-refractivity contribution < 1.29 is 9.90 Å². The molecule has 0 fully saturated rings. The standard InChI is InChI=1S/C12H25NO2/c1-6-7-8-9(2)12(15)11(10(3)14)13(4)5/h9,11-12,15H,6-8H2,1-5H3/t9-,11?,12?/m1/s1. The van der Waals surface area contributed by atoms with Crippen molar-refractivity contribution in [3.8, 4) is 0 Å². The number of rotatable bonds is 7. The lowest BCUT2D eigenvalue weighted by molar-refractivity contribution is -0.126. The summed E-state index contributed by atoms with van der Waals surface area (Å²) in [7, 11) is 3.67. The van der Waals surface area contributed by atoms with E-state index in [1.54, 1.807) is 11.8 Å². The Labute approximate surface area is 93.5 Å². The molecule has 0 heterocycles. The molecule has 2 unspecified atom stereocenters. The second kappa shape index (κ2) is 6.96. The van der Waals surface area contributed by atoms with Gasteiger partial charge >= 0.3 is 0 Å². The van der Waals surface area contributed by atoms with Crippen LogP contribution in [0.5, 0.6) is 0 Å². The highest BCUT2D eigenvalue weighted by atomic mass is 16.3. The number of hydrogen-bond acceptors (Lipinski definition) is 3. The maximum absolute atomic E-state index is 11.4. The first-order valence-electron chi connectivity index (χ1n) is 5.76. The lowest BCUT2D eigenvalue weighted by atomic mass is 9.91. The first kappa shape index (κ1) is 14.6. The van der Waals surface area contributed by atoms with Crippen molar-refractivity contribution in [2.75, 3.05) is 14.1 Å². The maximum Gasteiger partial charge on any atom is 0.149 e. The zero-order chi connectivity index (χ0) is 12.0. The van der Waals surface area contributed by atoms with Crippen LogP contribution in [0.1, 0.15) is 40.0 Å². The van der Waals surface area contributed by atoms with Crippen molar-refractivity contribution in [2.45, 2.75) is 52.2 Å². The van der Waals surface area contributed by atoms with Crippen LogP contribution < -0.4 is 0 Å². The van der Waals surface area contributed by atoms with Crippen molar-refractivity contribution in [3.05, 3.63) is 0 Å². The second-order valence-corrected chi connectivity index (χ2v) is 4.63. The van der Waals surface area contributed by atoms with Gasteiger partial charge in [-0.2, -0.15) is 0 Å². The lowest BCUT2D eigenvalue weighted by Crippen LogP contribution is -2.47. The maximum atomic E-state index is 11.4. The van der Waals surface area contributed by atoms with E-state index < -0.39 is 6.10 Å². The van der Waals surface area contributed by atoms with Crippen LogP contribution in [0.3, 0.4) is 0 Å². The van der Waals surface area contributed by atoms with E-state index >= 15 is 0 Å². The zero-order valence-electron chi connectivity index (χ0n) is 10.7. The molecule has 15 heavy (non-hydrogen) atoms. The number of unbranched alkanes of at least 4 members (excludes halogenated alkanes) is 1. The zero-order valence-corrected chi connectivity index (χ0v) is 10.7. The summed E-state index contributed by atoms with van der Waals surface area (Å²) >= 11 is 0. The third-order valence-electron chi connectivity index (χ3n) is 2.89. The molecule has 0 aliphatic heterocycles. The molecule has 0 aliphatic rings. The van der Waals surface area contributed by atoms with E-state index in [2.05, 4.69) is 6.92 Å². The monoisotopic (exact) mass is 215 g/mol. The van der Waals surface area contributed by atoms with E-state index in [1.165, 1.54) is 0 Å². The first-order chi connectivity index (χ1) is 6.91. The Bertz CT molecular complexity index is 192. The third-order valence-corrected chi connectivity index (χ3v) is 2.89. The fourth-order valence-corrected chi connectivity index (χ4v) is 1.92. The van der Waals surface area contributed by atoms with E-state index in [1.807, 2.05) is 21.0 Å². The number of ketones is 1. The van der Waals surface area contributed by atoms with Gasteiger partial charge in [0.25, 0.3) is 0 Å². The Hall–Kier alpha value is -0.410. The molecule has 0 saturated heterocycles. The van der Waals surface area contributed by atoms with Gasteiger partial charge < -0.3 is 5.11 Å². The fraction of sp³-hybridized carbons (Fsp3) is 0.917. The van der Waals surface area contributed by atoms with Crippen LogP contribution in [0.15, 0.2) is 0 Å². The number of Topliss-reactive ketones (excluding diaryl/α,β-unsaturated/α-hetero) is 1. The summed E-state index contributed by atoms with van der Waals surface area (Å²) in [4.78, 5) is 13.2. The van der Waals surface area contributed by atoms with Gasteiger partial charge in [0.05, 0.1) is 12.1 Å². The van der Waals surface area contributed by atoms with E-state index in [0.717, 1.165) is 19.3 Å². The molecule has 0 aromatic heterocycles. The van der Waals surface area contributed by atoms with Gasteiger partial charge in [0.15, 0.2) is 0 Å². The molecular weight excluding hydrogens is 190 g/mol. The van der Waals surface area contributed by atoms with Crippen molar-refractivity contribution in [2.24, 2.45) is 5.92 Å². The summed E-state index contributed by atoms with van der Waals surface area (Å²) in [6, 6.07) is -0.364. The van der Waals surface area contributed by atoms with Crippen molar-refractivity contribution in [1.82, 2.24) is 4.90 Å². The first-order valence-corrected chi connectivity index (χ1v) is 5.76. The third kappa shape index (κ3) is 4.76. The van der Waals surface area contributed by atoms with Crippen LogP contribution in [0.2, 0.25) is 0 Å². The van der Waals surface area contributed by atoms with Gasteiger partial charge in [-0.05, 0) is 33.4 Å². The van der Waals surface area contributed by atoms with E-state index in [0.29, 0.717) is 0 Å². The Morgan fingerprint density at radius 2 is 1.93 bits per heavy atom. The Morgan fingerprint density at radius 3 is 2.27 bits per heavy atom. The summed E-state index contributed by atoms with van der Waals surface area (Å²) in [5.74, 6) is 0.220. The molecule has 0 aliphatic carbocycles. The number of carbonyl (C=O) groups excluding carboxylic acids is 1. The normalized spacial score (nSPS) is 17.5. The molecule has 0 radical (unpaired) electrons. The summed E-state index contributed by atoms with van der Waals surface area (Å²) in [5, 5.41) is 10.1. The number of nitrogens with zero attached hydrogens (tertiary/aromatic N) is 1. The van der Waals surface area contributed by atoms with Crippen LogP contribution in [0.25, 0.3) is 0 Å². The van der Waals surface area contributed by atoms with Crippen LogP contribution >= 0.6 is 0 Å². The van der Waals surface area contributed by atoms with Crippen molar-refractivity contribution >= 4 is 5.78 Å². The van der Waals surface area contributed by atoms with Gasteiger partial charge in [-0.3, -0.25) is 9.69 Å². The molecule has 3 nitrogen and oxygen atoms in total. The van der Waals surface area contributed by atoms with Gasteiger partial charge in [-0.15, -0.1) is 0 Å². The van der Waals surface area contributed by atoms with Crippen LogP contribution in [-0.4, -0.2) is 42.0 Å². The topological polar surface area (TPSA) is 40.5 Å². The minimum absolute atomic E-state index is 0.0378. The van der Waals surface area contributed by atoms with Gasteiger partial charge in [0.2, 0.25) is 0 Å². The van der Waals surface area contributed by atoms with Gasteiger partial charge in [0.1, 0.15) is 5.78 Å². The Morgan fingerprint density at radius 1 is 1.40 bits per heavy atom. The number of aliphatic hydroxyl groups is 1. The average Bonchev–Trinajstić information content (AvgIpc) is 2.12. The van der Waals surface area contributed by atoms with Gasteiger partial charge in [-0.25, -0.2) is 0 Å². The molecular formula is C12H25NO2. The molecule has 3 atom stereocenters.